The number of fused-ring (bicyclic) bond motifs is 2. The van der Waals surface area contributed by atoms with Crippen LogP contribution in [0.3, 0.4) is 0 Å². The van der Waals surface area contributed by atoms with Gasteiger partial charge in [0.05, 0.1) is 30.5 Å². The van der Waals surface area contributed by atoms with E-state index in [9.17, 15) is 10.2 Å². The SMILES string of the molecule is CO[C@H]1[C@@H]2C[C@@H]3[C@H]1[C@](O)(C[C@@H]2OC)[C@@]1(O)[C@@H](OC)[C@@H]2[C@@H]4C=N[C@H]1[C@@]23[C@@H](OC)CC4. The van der Waals surface area contributed by atoms with E-state index < -0.39 is 23.3 Å². The van der Waals surface area contributed by atoms with E-state index in [-0.39, 0.29) is 53.3 Å². The van der Waals surface area contributed by atoms with Gasteiger partial charge in [-0.1, -0.05) is 0 Å². The van der Waals surface area contributed by atoms with Gasteiger partial charge in [0.15, 0.2) is 0 Å². The highest BCUT2D eigenvalue weighted by atomic mass is 16.5. The number of ether oxygens (including phenoxy) is 4. The third kappa shape index (κ3) is 1.72. The summed E-state index contributed by atoms with van der Waals surface area (Å²) in [7, 11) is 6.87. The fourth-order valence-electron chi connectivity index (χ4n) is 9.60. The Morgan fingerprint density at radius 1 is 0.966 bits per heavy atom. The lowest BCUT2D eigenvalue weighted by atomic mass is 9.46. The van der Waals surface area contributed by atoms with Crippen LogP contribution in [0.4, 0.5) is 0 Å². The molecule has 5 saturated carbocycles. The fourth-order valence-corrected chi connectivity index (χ4v) is 9.60. The van der Waals surface area contributed by atoms with E-state index in [1.54, 1.807) is 28.4 Å². The second-order valence-electron chi connectivity index (χ2n) is 10.3. The number of methoxy groups -OCH3 is 4. The van der Waals surface area contributed by atoms with Crippen LogP contribution in [0, 0.1) is 35.0 Å². The topological polar surface area (TPSA) is 89.7 Å². The molecule has 7 bridgehead atoms. The summed E-state index contributed by atoms with van der Waals surface area (Å²) in [6.07, 6.45) is 4.46. The molecule has 7 heteroatoms. The highest BCUT2D eigenvalue weighted by molar-refractivity contribution is 5.67. The second-order valence-corrected chi connectivity index (χ2v) is 10.3. The Bertz CT molecular complexity index is 747. The zero-order chi connectivity index (χ0) is 20.3. The van der Waals surface area contributed by atoms with Gasteiger partial charge >= 0.3 is 0 Å². The monoisotopic (exact) mass is 407 g/mol. The van der Waals surface area contributed by atoms with Crippen molar-refractivity contribution in [1.82, 2.24) is 0 Å². The van der Waals surface area contributed by atoms with Gasteiger partial charge in [-0.2, -0.15) is 0 Å². The number of aliphatic hydroxyl groups is 2. The number of hydrogen-bond donors (Lipinski definition) is 2. The van der Waals surface area contributed by atoms with E-state index in [0.29, 0.717) is 6.42 Å². The van der Waals surface area contributed by atoms with Crippen LogP contribution in [0.15, 0.2) is 4.99 Å². The van der Waals surface area contributed by atoms with E-state index in [1.807, 2.05) is 6.21 Å². The summed E-state index contributed by atoms with van der Waals surface area (Å²) < 4.78 is 24.0. The first kappa shape index (κ1) is 19.1. The molecule has 0 unspecified atom stereocenters. The van der Waals surface area contributed by atoms with Crippen LogP contribution < -0.4 is 0 Å². The first-order valence-corrected chi connectivity index (χ1v) is 11.0. The van der Waals surface area contributed by atoms with Crippen LogP contribution in [0.25, 0.3) is 0 Å². The third-order valence-corrected chi connectivity index (χ3v) is 10.2. The van der Waals surface area contributed by atoms with Crippen molar-refractivity contribution >= 4 is 6.21 Å². The molecule has 0 aromatic heterocycles. The molecule has 162 valence electrons. The molecule has 0 aromatic carbocycles. The van der Waals surface area contributed by atoms with Gasteiger partial charge in [0.2, 0.25) is 0 Å². The van der Waals surface area contributed by atoms with Crippen LogP contribution in [0.2, 0.25) is 0 Å². The molecule has 2 N–H and O–H groups in total. The molecule has 0 saturated heterocycles. The average Bonchev–Trinajstić information content (AvgIpc) is 3.11. The molecular formula is C22H33NO6. The van der Waals surface area contributed by atoms with Crippen molar-refractivity contribution in [2.45, 2.75) is 67.3 Å². The molecule has 0 aromatic rings. The predicted octanol–water partition coefficient (Wildman–Crippen LogP) is 0.657. The molecule has 0 radical (unpaired) electrons. The highest BCUT2D eigenvalue weighted by Gasteiger charge is 2.89. The summed E-state index contributed by atoms with van der Waals surface area (Å²) in [4.78, 5) is 4.96. The molecule has 5 aliphatic carbocycles. The molecule has 1 spiro atoms. The Kier molecular flexibility index (Phi) is 3.83. The maximum absolute atomic E-state index is 12.5. The van der Waals surface area contributed by atoms with Gasteiger partial charge in [-0.25, -0.2) is 0 Å². The number of rotatable bonds is 4. The minimum absolute atomic E-state index is 0.00900. The summed E-state index contributed by atoms with van der Waals surface area (Å²) in [5.74, 6) is 0.537. The zero-order valence-corrected chi connectivity index (χ0v) is 17.7. The van der Waals surface area contributed by atoms with Gasteiger partial charge in [-0.3, -0.25) is 4.99 Å². The quantitative estimate of drug-likeness (QED) is 0.712. The summed E-state index contributed by atoms with van der Waals surface area (Å²) in [6, 6.07) is -0.426. The molecule has 6 aliphatic rings. The van der Waals surface area contributed by atoms with Crippen molar-refractivity contribution in [2.75, 3.05) is 28.4 Å². The molecule has 29 heavy (non-hydrogen) atoms. The van der Waals surface area contributed by atoms with Crippen molar-refractivity contribution < 1.29 is 29.2 Å². The Labute approximate surface area is 171 Å². The molecule has 6 rings (SSSR count). The lowest BCUT2D eigenvalue weighted by molar-refractivity contribution is -0.293. The molecule has 5 fully saturated rings. The number of hydrogen-bond acceptors (Lipinski definition) is 7. The molecule has 1 aliphatic heterocycles. The first-order valence-electron chi connectivity index (χ1n) is 11.0. The predicted molar refractivity (Wildman–Crippen MR) is 104 cm³/mol. The number of aliphatic imine (C=N–C) groups is 1. The van der Waals surface area contributed by atoms with Crippen molar-refractivity contribution in [3.8, 4) is 0 Å². The lowest BCUT2D eigenvalue weighted by Gasteiger charge is -2.63. The normalized spacial score (nSPS) is 63.8. The molecular weight excluding hydrogens is 374 g/mol. The van der Waals surface area contributed by atoms with E-state index in [4.69, 9.17) is 23.9 Å². The largest absolute Gasteiger partial charge is 0.386 e. The Balaban J connectivity index is 1.65. The summed E-state index contributed by atoms with van der Waals surface area (Å²) in [5, 5.41) is 24.8. The molecule has 0 amide bonds. The average molecular weight is 408 g/mol. The van der Waals surface area contributed by atoms with Crippen molar-refractivity contribution in [3.63, 3.8) is 0 Å². The molecule has 1 heterocycles. The number of nitrogens with zero attached hydrogens (tertiary/aromatic N) is 1. The van der Waals surface area contributed by atoms with E-state index in [2.05, 4.69) is 0 Å². The smallest absolute Gasteiger partial charge is 0.143 e. The Hall–Kier alpha value is -0.570. The fraction of sp³-hybridized carbons (Fsp3) is 0.955. The summed E-state index contributed by atoms with van der Waals surface area (Å²) in [6.45, 7) is 0. The Morgan fingerprint density at radius 3 is 2.41 bits per heavy atom. The van der Waals surface area contributed by atoms with Crippen LogP contribution in [-0.4, -0.2) is 86.5 Å². The third-order valence-electron chi connectivity index (χ3n) is 10.2. The lowest BCUT2D eigenvalue weighted by Crippen LogP contribution is -2.77. The standard InChI is InChI=1S/C22H33NO6/c1-26-13-8-20(24)16-12(7-11(13)17(16)28-3)21-14(27-2)6-5-10-9-23-19(21)22(20,25)18(29-4)15(10)21/h9-19,24-25H,5-8H2,1-4H3/t10-,11+,12+,13-,14-,15-,16+,17-,18-,19-,20+,21-,22+/m0/s1. The minimum Gasteiger partial charge on any atom is -0.386 e. The van der Waals surface area contributed by atoms with Crippen LogP contribution in [0.5, 0.6) is 0 Å². The van der Waals surface area contributed by atoms with Crippen LogP contribution in [0.1, 0.15) is 25.7 Å². The second kappa shape index (κ2) is 5.81. The van der Waals surface area contributed by atoms with Crippen molar-refractivity contribution in [2.24, 2.45) is 40.0 Å². The van der Waals surface area contributed by atoms with Gasteiger partial charge in [0, 0.05) is 70.2 Å². The van der Waals surface area contributed by atoms with Crippen LogP contribution >= 0.6 is 0 Å². The Morgan fingerprint density at radius 2 is 1.76 bits per heavy atom. The summed E-state index contributed by atoms with van der Waals surface area (Å²) >= 11 is 0. The molecule has 13 atom stereocenters. The van der Waals surface area contributed by atoms with Crippen LogP contribution in [-0.2, 0) is 18.9 Å². The van der Waals surface area contributed by atoms with E-state index in [0.717, 1.165) is 19.3 Å². The zero-order valence-electron chi connectivity index (χ0n) is 17.7. The minimum atomic E-state index is -1.48. The van der Waals surface area contributed by atoms with Gasteiger partial charge < -0.3 is 29.2 Å². The first-order chi connectivity index (χ1) is 13.9. The summed E-state index contributed by atoms with van der Waals surface area (Å²) in [5.41, 5.74) is -3.19. The van der Waals surface area contributed by atoms with E-state index >= 15 is 0 Å². The maximum atomic E-state index is 12.5. The maximum Gasteiger partial charge on any atom is 0.143 e. The van der Waals surface area contributed by atoms with Gasteiger partial charge in [-0.15, -0.1) is 0 Å². The van der Waals surface area contributed by atoms with Crippen molar-refractivity contribution in [3.05, 3.63) is 0 Å². The van der Waals surface area contributed by atoms with Gasteiger partial charge in [0.1, 0.15) is 11.2 Å². The van der Waals surface area contributed by atoms with Crippen molar-refractivity contribution in [1.29, 1.82) is 0 Å². The van der Waals surface area contributed by atoms with Gasteiger partial charge in [0.25, 0.3) is 0 Å². The highest BCUT2D eigenvalue weighted by Crippen LogP contribution is 2.78. The van der Waals surface area contributed by atoms with Gasteiger partial charge in [-0.05, 0) is 25.2 Å². The molecule has 7 nitrogen and oxygen atoms in total. The van der Waals surface area contributed by atoms with E-state index in [1.165, 1.54) is 0 Å².